The average molecular weight is 394 g/mol. The van der Waals surface area contributed by atoms with Crippen LogP contribution in [0.15, 0.2) is 53.9 Å². The number of hydrogen-bond acceptors (Lipinski definition) is 5. The molecular weight excluding hydrogens is 373 g/mol. The summed E-state index contributed by atoms with van der Waals surface area (Å²) in [5, 5.41) is 4.03. The van der Waals surface area contributed by atoms with E-state index in [9.17, 15) is 18.0 Å². The van der Waals surface area contributed by atoms with Crippen molar-refractivity contribution >= 4 is 11.7 Å². The molecule has 0 saturated carbocycles. The van der Waals surface area contributed by atoms with Gasteiger partial charge in [0.15, 0.2) is 0 Å². The van der Waals surface area contributed by atoms with Crippen molar-refractivity contribution in [2.75, 3.05) is 13.2 Å². The Labute approximate surface area is 161 Å². The van der Waals surface area contributed by atoms with Crippen molar-refractivity contribution in [1.29, 1.82) is 0 Å². The number of esters is 1. The number of oxime groups is 1. The Kier molecular flexibility index (Phi) is 7.98. The third-order valence-corrected chi connectivity index (χ3v) is 3.73. The summed E-state index contributed by atoms with van der Waals surface area (Å²) >= 11 is 0. The molecule has 0 aliphatic rings. The Morgan fingerprint density at radius 3 is 2.61 bits per heavy atom. The number of nitrogens with zero attached hydrogens (tertiary/aromatic N) is 2. The summed E-state index contributed by atoms with van der Waals surface area (Å²) in [6, 6.07) is 8.24. The molecule has 0 aliphatic carbocycles. The molecule has 0 bridgehead atoms. The summed E-state index contributed by atoms with van der Waals surface area (Å²) in [5.41, 5.74) is 0.295. The van der Waals surface area contributed by atoms with Crippen LogP contribution in [0.1, 0.15) is 42.9 Å². The third-order valence-electron chi connectivity index (χ3n) is 3.73. The van der Waals surface area contributed by atoms with Crippen molar-refractivity contribution in [1.82, 2.24) is 4.98 Å². The van der Waals surface area contributed by atoms with Crippen LogP contribution in [0.25, 0.3) is 0 Å². The van der Waals surface area contributed by atoms with Gasteiger partial charge in [-0.05, 0) is 44.0 Å². The molecule has 0 atom stereocenters. The molecule has 1 aromatic carbocycles. The lowest BCUT2D eigenvalue weighted by molar-refractivity contribution is -0.143. The Morgan fingerprint density at radius 1 is 1.14 bits per heavy atom. The SMILES string of the molecule is CCOC(=O)CCCCO/N=C(/c1cccnc1)c1cccc(C(F)(F)F)c1. The zero-order chi connectivity index (χ0) is 20.4. The van der Waals surface area contributed by atoms with Gasteiger partial charge in [0.2, 0.25) is 0 Å². The topological polar surface area (TPSA) is 60.8 Å². The van der Waals surface area contributed by atoms with E-state index in [2.05, 4.69) is 10.1 Å². The lowest BCUT2D eigenvalue weighted by atomic mass is 10.0. The van der Waals surface area contributed by atoms with Crippen LogP contribution in [0.2, 0.25) is 0 Å². The van der Waals surface area contributed by atoms with Gasteiger partial charge in [0, 0.05) is 29.9 Å². The number of ether oxygens (including phenoxy) is 1. The first kappa shape index (κ1) is 21.4. The second-order valence-electron chi connectivity index (χ2n) is 5.86. The smallest absolute Gasteiger partial charge is 0.416 e. The largest absolute Gasteiger partial charge is 0.466 e. The van der Waals surface area contributed by atoms with E-state index in [-0.39, 0.29) is 30.3 Å². The number of unbranched alkanes of at least 4 members (excludes halogenated alkanes) is 1. The van der Waals surface area contributed by atoms with Gasteiger partial charge in [0.1, 0.15) is 12.3 Å². The van der Waals surface area contributed by atoms with Gasteiger partial charge in [-0.25, -0.2) is 0 Å². The third kappa shape index (κ3) is 6.68. The fourth-order valence-corrected chi connectivity index (χ4v) is 2.40. The number of pyridine rings is 1. The lowest BCUT2D eigenvalue weighted by Gasteiger charge is -2.11. The molecular formula is C20H21F3N2O3. The van der Waals surface area contributed by atoms with Crippen LogP contribution in [-0.2, 0) is 20.5 Å². The van der Waals surface area contributed by atoms with Crippen molar-refractivity contribution in [3.63, 3.8) is 0 Å². The van der Waals surface area contributed by atoms with E-state index < -0.39 is 11.7 Å². The summed E-state index contributed by atoms with van der Waals surface area (Å²) in [7, 11) is 0. The number of carbonyl (C=O) groups is 1. The molecule has 8 heteroatoms. The van der Waals surface area contributed by atoms with Gasteiger partial charge in [-0.3, -0.25) is 9.78 Å². The number of rotatable bonds is 9. The van der Waals surface area contributed by atoms with Crippen LogP contribution in [-0.4, -0.2) is 29.9 Å². The predicted octanol–water partition coefficient (Wildman–Crippen LogP) is 4.60. The van der Waals surface area contributed by atoms with Crippen molar-refractivity contribution in [2.24, 2.45) is 5.16 Å². The molecule has 0 amide bonds. The van der Waals surface area contributed by atoms with E-state index in [1.807, 2.05) is 0 Å². The second-order valence-corrected chi connectivity index (χ2v) is 5.86. The summed E-state index contributed by atoms with van der Waals surface area (Å²) < 4.78 is 43.9. The molecule has 0 saturated heterocycles. The Bertz CT molecular complexity index is 793. The van der Waals surface area contributed by atoms with Gasteiger partial charge in [0.05, 0.1) is 12.2 Å². The highest BCUT2D eigenvalue weighted by atomic mass is 19.4. The predicted molar refractivity (Wildman–Crippen MR) is 97.8 cm³/mol. The molecule has 1 heterocycles. The molecule has 150 valence electrons. The van der Waals surface area contributed by atoms with Gasteiger partial charge in [0.25, 0.3) is 0 Å². The molecule has 0 aliphatic heterocycles. The molecule has 0 unspecified atom stereocenters. The quantitative estimate of drug-likeness (QED) is 0.270. The molecule has 0 spiro atoms. The highest BCUT2D eigenvalue weighted by molar-refractivity contribution is 6.12. The number of halogens is 3. The normalized spacial score (nSPS) is 11.9. The number of hydrogen-bond donors (Lipinski definition) is 0. The maximum atomic E-state index is 13.0. The van der Waals surface area contributed by atoms with Crippen LogP contribution in [0.5, 0.6) is 0 Å². The second kappa shape index (κ2) is 10.4. The minimum absolute atomic E-state index is 0.224. The zero-order valence-electron chi connectivity index (χ0n) is 15.4. The van der Waals surface area contributed by atoms with Gasteiger partial charge < -0.3 is 9.57 Å². The minimum Gasteiger partial charge on any atom is -0.466 e. The van der Waals surface area contributed by atoms with E-state index in [4.69, 9.17) is 9.57 Å². The molecule has 5 nitrogen and oxygen atoms in total. The first-order valence-corrected chi connectivity index (χ1v) is 8.85. The van der Waals surface area contributed by atoms with E-state index in [0.717, 1.165) is 12.1 Å². The summed E-state index contributed by atoms with van der Waals surface area (Å²) in [6.45, 7) is 2.30. The van der Waals surface area contributed by atoms with Crippen LogP contribution < -0.4 is 0 Å². The standard InChI is InChI=1S/C20H21F3N2O3/c1-2-27-18(26)10-3-4-12-28-25-19(16-8-6-11-24-14-16)15-7-5-9-17(13-15)20(21,22)23/h5-9,11,13-14H,2-4,10,12H2,1H3/b25-19+. The lowest BCUT2D eigenvalue weighted by Crippen LogP contribution is -2.10. The maximum Gasteiger partial charge on any atom is 0.416 e. The van der Waals surface area contributed by atoms with Crippen LogP contribution in [0, 0.1) is 0 Å². The molecule has 1 aromatic heterocycles. The van der Waals surface area contributed by atoms with Crippen molar-refractivity contribution in [3.8, 4) is 0 Å². The van der Waals surface area contributed by atoms with Gasteiger partial charge in [-0.2, -0.15) is 13.2 Å². The molecule has 2 rings (SSSR count). The van der Waals surface area contributed by atoms with Gasteiger partial charge >= 0.3 is 12.1 Å². The number of alkyl halides is 3. The van der Waals surface area contributed by atoms with Crippen molar-refractivity contribution < 1.29 is 27.5 Å². The van der Waals surface area contributed by atoms with Crippen LogP contribution in [0.4, 0.5) is 13.2 Å². The Morgan fingerprint density at radius 2 is 1.93 bits per heavy atom. The van der Waals surface area contributed by atoms with Crippen LogP contribution in [0.3, 0.4) is 0 Å². The number of aromatic nitrogens is 1. The minimum atomic E-state index is -4.45. The molecule has 0 N–H and O–H groups in total. The fourth-order valence-electron chi connectivity index (χ4n) is 2.40. The van der Waals surface area contributed by atoms with Gasteiger partial charge in [-0.1, -0.05) is 17.3 Å². The summed E-state index contributed by atoms with van der Waals surface area (Å²) in [4.78, 5) is 20.6. The summed E-state index contributed by atoms with van der Waals surface area (Å²) in [5.74, 6) is -0.272. The number of carbonyl (C=O) groups excluding carboxylic acids is 1. The Hall–Kier alpha value is -2.90. The molecule has 28 heavy (non-hydrogen) atoms. The zero-order valence-corrected chi connectivity index (χ0v) is 15.4. The van der Waals surface area contributed by atoms with Crippen molar-refractivity contribution in [3.05, 3.63) is 65.5 Å². The Balaban J connectivity index is 2.09. The van der Waals surface area contributed by atoms with E-state index >= 15 is 0 Å². The molecule has 0 fully saturated rings. The number of benzene rings is 1. The van der Waals surface area contributed by atoms with Crippen molar-refractivity contribution in [2.45, 2.75) is 32.4 Å². The maximum absolute atomic E-state index is 13.0. The van der Waals surface area contributed by atoms with E-state index in [1.165, 1.54) is 18.3 Å². The molecule has 0 radical (unpaired) electrons. The fraction of sp³-hybridized carbons (Fsp3) is 0.350. The van der Waals surface area contributed by atoms with E-state index in [0.29, 0.717) is 25.0 Å². The average Bonchev–Trinajstić information content (AvgIpc) is 2.68. The summed E-state index contributed by atoms with van der Waals surface area (Å²) in [6.07, 6.45) is 0.0199. The monoisotopic (exact) mass is 394 g/mol. The first-order valence-electron chi connectivity index (χ1n) is 8.85. The first-order chi connectivity index (χ1) is 13.4. The molecule has 2 aromatic rings. The highest BCUT2D eigenvalue weighted by Gasteiger charge is 2.30. The highest BCUT2D eigenvalue weighted by Crippen LogP contribution is 2.30. The van der Waals surface area contributed by atoms with E-state index in [1.54, 1.807) is 25.3 Å². The van der Waals surface area contributed by atoms with Crippen LogP contribution >= 0.6 is 0 Å². The van der Waals surface area contributed by atoms with Gasteiger partial charge in [-0.15, -0.1) is 0 Å².